The van der Waals surface area contributed by atoms with Crippen LogP contribution in [-0.4, -0.2) is 71.7 Å². The van der Waals surface area contributed by atoms with Crippen LogP contribution in [0.25, 0.3) is 0 Å². The fraction of sp³-hybridized carbons (Fsp3) is 0.923. The first-order chi connectivity index (χ1) is 10.6. The Balaban J connectivity index is 0.00000264. The van der Waals surface area contributed by atoms with Gasteiger partial charge >= 0.3 is 0 Å². The van der Waals surface area contributed by atoms with Crippen LogP contribution in [0.3, 0.4) is 0 Å². The van der Waals surface area contributed by atoms with Crippen molar-refractivity contribution in [1.82, 2.24) is 15.4 Å². The smallest absolute Gasteiger partial charge is 0.250 e. The van der Waals surface area contributed by atoms with Crippen molar-refractivity contribution >= 4 is 28.3 Å². The number of carbonyl (C=O) groups excluding carboxylic acids is 1. The summed E-state index contributed by atoms with van der Waals surface area (Å²) in [5.74, 6) is -0.427. The van der Waals surface area contributed by atoms with Gasteiger partial charge in [-0.25, -0.2) is 13.1 Å². The molecule has 0 aliphatic carbocycles. The zero-order valence-electron chi connectivity index (χ0n) is 13.1. The van der Waals surface area contributed by atoms with Gasteiger partial charge in [0.2, 0.25) is 15.9 Å². The predicted octanol–water partition coefficient (Wildman–Crippen LogP) is -0.999. The molecule has 2 aliphatic rings. The summed E-state index contributed by atoms with van der Waals surface area (Å²) in [7, 11) is -3.41. The number of amides is 1. The monoisotopic (exact) mass is 371 g/mol. The van der Waals surface area contributed by atoms with E-state index in [1.807, 2.05) is 0 Å². The van der Waals surface area contributed by atoms with Crippen molar-refractivity contribution in [3.63, 3.8) is 0 Å². The van der Waals surface area contributed by atoms with Crippen molar-refractivity contribution in [2.75, 3.05) is 45.1 Å². The van der Waals surface area contributed by atoms with E-state index < -0.39 is 16.1 Å². The quantitative estimate of drug-likeness (QED) is 0.530. The summed E-state index contributed by atoms with van der Waals surface area (Å²) < 4.78 is 37.0. The number of ether oxygens (including phenoxy) is 2. The molecule has 10 heteroatoms. The molecule has 2 heterocycles. The van der Waals surface area contributed by atoms with Gasteiger partial charge in [-0.15, -0.1) is 12.4 Å². The van der Waals surface area contributed by atoms with Crippen molar-refractivity contribution in [1.29, 1.82) is 0 Å². The lowest BCUT2D eigenvalue weighted by atomic mass is 10.1. The highest BCUT2D eigenvalue weighted by molar-refractivity contribution is 7.89. The van der Waals surface area contributed by atoms with Gasteiger partial charge in [-0.05, 0) is 19.3 Å². The molecule has 2 rings (SSSR count). The molecule has 2 fully saturated rings. The molecule has 0 aromatic carbocycles. The molecule has 2 aliphatic heterocycles. The van der Waals surface area contributed by atoms with Crippen LogP contribution in [0.2, 0.25) is 0 Å². The van der Waals surface area contributed by atoms with Crippen LogP contribution < -0.4 is 15.4 Å². The first-order valence-electron chi connectivity index (χ1n) is 7.76. The van der Waals surface area contributed by atoms with E-state index in [-0.39, 0.29) is 36.7 Å². The maximum Gasteiger partial charge on any atom is 0.250 e. The Morgan fingerprint density at radius 3 is 2.70 bits per heavy atom. The van der Waals surface area contributed by atoms with Crippen LogP contribution in [0.15, 0.2) is 0 Å². The number of sulfonamides is 1. The Morgan fingerprint density at radius 1 is 1.22 bits per heavy atom. The fourth-order valence-corrected chi connectivity index (χ4v) is 3.37. The van der Waals surface area contributed by atoms with E-state index in [0.717, 1.165) is 25.8 Å². The first-order valence-corrected chi connectivity index (χ1v) is 9.41. The number of morpholine rings is 1. The van der Waals surface area contributed by atoms with Gasteiger partial charge in [-0.2, -0.15) is 0 Å². The summed E-state index contributed by atoms with van der Waals surface area (Å²) >= 11 is 0. The molecule has 23 heavy (non-hydrogen) atoms. The van der Waals surface area contributed by atoms with Gasteiger partial charge in [0.15, 0.2) is 0 Å². The van der Waals surface area contributed by atoms with Crippen molar-refractivity contribution in [3.8, 4) is 0 Å². The van der Waals surface area contributed by atoms with Gasteiger partial charge in [0.25, 0.3) is 0 Å². The van der Waals surface area contributed by atoms with E-state index in [9.17, 15) is 13.2 Å². The van der Waals surface area contributed by atoms with Crippen molar-refractivity contribution in [2.24, 2.45) is 0 Å². The minimum absolute atomic E-state index is 0. The van der Waals surface area contributed by atoms with Crippen LogP contribution in [0.5, 0.6) is 0 Å². The second kappa shape index (κ2) is 10.4. The Kier molecular flexibility index (Phi) is 9.33. The summed E-state index contributed by atoms with van der Waals surface area (Å²) in [6, 6.07) is 0. The average Bonchev–Trinajstić information content (AvgIpc) is 2.55. The normalized spacial score (nSPS) is 25.4. The Morgan fingerprint density at radius 2 is 2.04 bits per heavy atom. The van der Waals surface area contributed by atoms with Gasteiger partial charge in [0.1, 0.15) is 6.10 Å². The maximum absolute atomic E-state index is 11.9. The zero-order chi connectivity index (χ0) is 15.8. The molecule has 2 saturated heterocycles. The topological polar surface area (TPSA) is 106 Å². The van der Waals surface area contributed by atoms with E-state index in [0.29, 0.717) is 26.3 Å². The van der Waals surface area contributed by atoms with E-state index in [1.165, 1.54) is 0 Å². The molecule has 3 N–H and O–H groups in total. The lowest BCUT2D eigenvalue weighted by Gasteiger charge is -2.23. The van der Waals surface area contributed by atoms with E-state index in [1.54, 1.807) is 0 Å². The Hall–Kier alpha value is -0.450. The molecule has 2 atom stereocenters. The summed E-state index contributed by atoms with van der Waals surface area (Å²) in [4.78, 5) is 11.8. The van der Waals surface area contributed by atoms with Crippen LogP contribution in [0.4, 0.5) is 0 Å². The predicted molar refractivity (Wildman–Crippen MR) is 88.2 cm³/mol. The van der Waals surface area contributed by atoms with Crippen molar-refractivity contribution in [2.45, 2.75) is 31.5 Å². The highest BCUT2D eigenvalue weighted by Crippen LogP contribution is 2.11. The Bertz CT molecular complexity index is 451. The number of hydrogen-bond donors (Lipinski definition) is 3. The lowest BCUT2D eigenvalue weighted by molar-refractivity contribution is -0.134. The van der Waals surface area contributed by atoms with Gasteiger partial charge in [0, 0.05) is 32.8 Å². The Labute approximate surface area is 143 Å². The molecule has 136 valence electrons. The van der Waals surface area contributed by atoms with Gasteiger partial charge in [-0.1, -0.05) is 0 Å². The third-order valence-corrected chi connectivity index (χ3v) is 5.04. The van der Waals surface area contributed by atoms with Crippen LogP contribution >= 0.6 is 12.4 Å². The van der Waals surface area contributed by atoms with E-state index in [2.05, 4.69) is 15.4 Å². The summed E-state index contributed by atoms with van der Waals surface area (Å²) in [6.07, 6.45) is 2.40. The number of halogens is 1. The minimum atomic E-state index is -3.41. The lowest BCUT2D eigenvalue weighted by Crippen LogP contribution is -2.49. The van der Waals surface area contributed by atoms with Crippen LogP contribution in [0.1, 0.15) is 19.3 Å². The van der Waals surface area contributed by atoms with Crippen molar-refractivity contribution in [3.05, 3.63) is 0 Å². The third kappa shape index (κ3) is 7.77. The average molecular weight is 372 g/mol. The molecule has 0 saturated carbocycles. The molecular weight excluding hydrogens is 346 g/mol. The molecule has 0 bridgehead atoms. The highest BCUT2D eigenvalue weighted by Gasteiger charge is 2.22. The molecule has 0 radical (unpaired) electrons. The molecule has 0 spiro atoms. The van der Waals surface area contributed by atoms with E-state index >= 15 is 0 Å². The van der Waals surface area contributed by atoms with E-state index in [4.69, 9.17) is 9.47 Å². The second-order valence-corrected chi connectivity index (χ2v) is 7.44. The molecule has 0 aromatic rings. The maximum atomic E-state index is 11.9. The molecule has 8 nitrogen and oxygen atoms in total. The van der Waals surface area contributed by atoms with Gasteiger partial charge in [-0.3, -0.25) is 4.79 Å². The summed E-state index contributed by atoms with van der Waals surface area (Å²) in [6.45, 7) is 2.73. The third-order valence-electron chi connectivity index (χ3n) is 3.69. The van der Waals surface area contributed by atoms with Crippen LogP contribution in [0, 0.1) is 0 Å². The van der Waals surface area contributed by atoms with Gasteiger partial charge in [0.05, 0.1) is 18.5 Å². The molecular formula is C13H26ClN3O5S. The number of nitrogens with one attached hydrogen (secondary N) is 3. The number of rotatable bonds is 7. The number of carbonyl (C=O) groups is 1. The fourth-order valence-electron chi connectivity index (χ4n) is 2.42. The standard InChI is InChI=1S/C13H25N3O5S.ClH/c17-13(12-10-14-4-7-21-12)15-5-8-22(18,19)16-9-11-3-1-2-6-20-11;/h11-12,14,16H,1-10H2,(H,15,17);1H. The zero-order valence-corrected chi connectivity index (χ0v) is 14.7. The molecule has 2 unspecified atom stereocenters. The van der Waals surface area contributed by atoms with Crippen molar-refractivity contribution < 1.29 is 22.7 Å². The number of hydrogen-bond acceptors (Lipinski definition) is 6. The van der Waals surface area contributed by atoms with Crippen LogP contribution in [-0.2, 0) is 24.3 Å². The second-order valence-electron chi connectivity index (χ2n) is 5.51. The molecule has 1 amide bonds. The summed E-state index contributed by atoms with van der Waals surface area (Å²) in [5, 5.41) is 5.64. The highest BCUT2D eigenvalue weighted by atomic mass is 35.5. The minimum Gasteiger partial charge on any atom is -0.377 e. The largest absolute Gasteiger partial charge is 0.377 e. The summed E-state index contributed by atoms with van der Waals surface area (Å²) in [5.41, 5.74) is 0. The molecule has 0 aromatic heterocycles. The van der Waals surface area contributed by atoms with Gasteiger partial charge < -0.3 is 20.1 Å². The first kappa shape index (κ1) is 20.6. The SMILES string of the molecule is Cl.O=C(NCCS(=O)(=O)NCC1CCCCO1)C1CNCCO1.